The van der Waals surface area contributed by atoms with E-state index in [2.05, 4.69) is 6.07 Å². The van der Waals surface area contributed by atoms with Crippen molar-refractivity contribution < 1.29 is 13.5 Å². The molecule has 3 nitrogen and oxygen atoms in total. The van der Waals surface area contributed by atoms with Crippen LogP contribution in [0.1, 0.15) is 29.9 Å². The molecule has 23 heavy (non-hydrogen) atoms. The second kappa shape index (κ2) is 7.91. The summed E-state index contributed by atoms with van der Waals surface area (Å²) >= 11 is 0. The van der Waals surface area contributed by atoms with Crippen LogP contribution in [0, 0.1) is 34.3 Å². The van der Waals surface area contributed by atoms with Crippen molar-refractivity contribution in [3.63, 3.8) is 0 Å². The Morgan fingerprint density at radius 2 is 1.78 bits per heavy atom. The molecule has 2 rings (SSSR count). The monoisotopic (exact) mass is 312 g/mol. The van der Waals surface area contributed by atoms with E-state index in [1.807, 2.05) is 6.07 Å². The van der Waals surface area contributed by atoms with Gasteiger partial charge in [0.15, 0.2) is 11.6 Å². The molecular weight excluding hydrogens is 298 g/mol. The molecule has 0 saturated heterocycles. The maximum Gasteiger partial charge on any atom is 0.167 e. The van der Waals surface area contributed by atoms with E-state index in [4.69, 9.17) is 10.00 Å². The van der Waals surface area contributed by atoms with Gasteiger partial charge in [-0.2, -0.15) is 10.5 Å². The summed E-state index contributed by atoms with van der Waals surface area (Å²) in [5.41, 5.74) is 1.38. The van der Waals surface area contributed by atoms with Crippen molar-refractivity contribution in [3.05, 3.63) is 65.2 Å². The normalized spacial score (nSPS) is 11.3. The Morgan fingerprint density at radius 3 is 2.39 bits per heavy atom. The first-order valence-corrected chi connectivity index (χ1v) is 7.11. The lowest BCUT2D eigenvalue weighted by Crippen LogP contribution is -2.03. The lowest BCUT2D eigenvalue weighted by molar-refractivity contribution is 0.289. The average Bonchev–Trinajstić information content (AvgIpc) is 2.57. The van der Waals surface area contributed by atoms with Crippen molar-refractivity contribution in [1.29, 1.82) is 10.5 Å². The van der Waals surface area contributed by atoms with Crippen LogP contribution in [-0.2, 0) is 0 Å². The van der Waals surface area contributed by atoms with Crippen LogP contribution in [0.2, 0.25) is 0 Å². The summed E-state index contributed by atoms with van der Waals surface area (Å²) in [6, 6.07) is 14.2. The predicted molar refractivity (Wildman–Crippen MR) is 80.6 cm³/mol. The van der Waals surface area contributed by atoms with Crippen LogP contribution in [0.4, 0.5) is 8.78 Å². The second-order valence-electron chi connectivity index (χ2n) is 4.98. The van der Waals surface area contributed by atoms with Crippen LogP contribution < -0.4 is 4.74 Å². The largest absolute Gasteiger partial charge is 0.491 e. The fourth-order valence-electron chi connectivity index (χ4n) is 2.16. The number of ether oxygens (including phenoxy) is 1. The Morgan fingerprint density at radius 1 is 1.04 bits per heavy atom. The molecule has 0 bridgehead atoms. The van der Waals surface area contributed by atoms with Crippen LogP contribution in [0.25, 0.3) is 0 Å². The van der Waals surface area contributed by atoms with Crippen LogP contribution in [0.5, 0.6) is 5.75 Å². The minimum atomic E-state index is -0.742. The summed E-state index contributed by atoms with van der Waals surface area (Å²) < 4.78 is 31.4. The van der Waals surface area contributed by atoms with Crippen molar-refractivity contribution in [3.8, 4) is 17.9 Å². The predicted octanol–water partition coefficient (Wildman–Crippen LogP) is 4.30. The molecule has 1 unspecified atom stereocenters. The van der Waals surface area contributed by atoms with Crippen LogP contribution in [-0.4, -0.2) is 6.61 Å². The Kier molecular flexibility index (Phi) is 5.66. The quantitative estimate of drug-likeness (QED) is 0.747. The summed E-state index contributed by atoms with van der Waals surface area (Å²) in [6.07, 6.45) is 1.10. The molecule has 0 heterocycles. The lowest BCUT2D eigenvalue weighted by atomic mass is 9.95. The second-order valence-corrected chi connectivity index (χ2v) is 4.98. The molecule has 5 heteroatoms. The van der Waals surface area contributed by atoms with Gasteiger partial charge in [-0.25, -0.2) is 8.78 Å². The third-order valence-electron chi connectivity index (χ3n) is 3.39. The Hall–Kier alpha value is -2.92. The molecule has 0 saturated carbocycles. The smallest absolute Gasteiger partial charge is 0.167 e. The van der Waals surface area contributed by atoms with Gasteiger partial charge in [-0.1, -0.05) is 12.1 Å². The van der Waals surface area contributed by atoms with Crippen LogP contribution in [0.15, 0.2) is 42.5 Å². The topological polar surface area (TPSA) is 56.8 Å². The van der Waals surface area contributed by atoms with Crippen molar-refractivity contribution in [1.82, 2.24) is 0 Å². The molecule has 0 aromatic heterocycles. The number of nitriles is 2. The van der Waals surface area contributed by atoms with E-state index >= 15 is 0 Å². The number of nitrogens with zero attached hydrogens (tertiary/aromatic N) is 2. The minimum Gasteiger partial charge on any atom is -0.491 e. The Labute approximate surface area is 133 Å². The van der Waals surface area contributed by atoms with Gasteiger partial charge in [0.25, 0.3) is 0 Å². The number of hydrogen-bond donors (Lipinski definition) is 0. The summed E-state index contributed by atoms with van der Waals surface area (Å²) in [6.45, 7) is 0.233. The first-order chi connectivity index (χ1) is 11.1. The highest BCUT2D eigenvalue weighted by atomic mass is 19.1. The SMILES string of the molecule is N#Cc1ccc(C(C#N)CCCOc2ccc(F)cc2F)cc1. The van der Waals surface area contributed by atoms with E-state index in [1.165, 1.54) is 6.07 Å². The van der Waals surface area contributed by atoms with Crippen LogP contribution >= 0.6 is 0 Å². The molecule has 0 N–H and O–H groups in total. The zero-order chi connectivity index (χ0) is 16.7. The van der Waals surface area contributed by atoms with Gasteiger partial charge in [-0.15, -0.1) is 0 Å². The zero-order valence-electron chi connectivity index (χ0n) is 12.3. The lowest BCUT2D eigenvalue weighted by Gasteiger charge is -2.11. The van der Waals surface area contributed by atoms with Crippen molar-refractivity contribution in [2.45, 2.75) is 18.8 Å². The summed E-state index contributed by atoms with van der Waals surface area (Å²) in [7, 11) is 0. The first kappa shape index (κ1) is 16.5. The molecule has 0 aliphatic rings. The molecule has 0 aliphatic carbocycles. The first-order valence-electron chi connectivity index (χ1n) is 7.11. The van der Waals surface area contributed by atoms with E-state index in [0.717, 1.165) is 17.7 Å². The molecule has 2 aromatic carbocycles. The Balaban J connectivity index is 1.86. The third kappa shape index (κ3) is 4.52. The Bertz CT molecular complexity index is 745. The molecule has 0 spiro atoms. The van der Waals surface area contributed by atoms with E-state index < -0.39 is 11.6 Å². The highest BCUT2D eigenvalue weighted by Gasteiger charge is 2.11. The molecule has 0 radical (unpaired) electrons. The summed E-state index contributed by atoms with van der Waals surface area (Å²) in [5, 5.41) is 18.0. The van der Waals surface area contributed by atoms with Gasteiger partial charge in [0, 0.05) is 6.07 Å². The van der Waals surface area contributed by atoms with Gasteiger partial charge < -0.3 is 4.74 Å². The number of halogens is 2. The van der Waals surface area contributed by atoms with Gasteiger partial charge in [-0.3, -0.25) is 0 Å². The highest BCUT2D eigenvalue weighted by molar-refractivity contribution is 5.34. The fourth-order valence-corrected chi connectivity index (χ4v) is 2.16. The van der Waals surface area contributed by atoms with E-state index in [9.17, 15) is 14.0 Å². The molecule has 1 atom stereocenters. The van der Waals surface area contributed by atoms with E-state index in [-0.39, 0.29) is 18.3 Å². The van der Waals surface area contributed by atoms with Gasteiger partial charge >= 0.3 is 0 Å². The van der Waals surface area contributed by atoms with E-state index in [1.54, 1.807) is 24.3 Å². The molecule has 0 aliphatic heterocycles. The van der Waals surface area contributed by atoms with Gasteiger partial charge in [0.05, 0.1) is 30.2 Å². The average molecular weight is 312 g/mol. The zero-order valence-corrected chi connectivity index (χ0v) is 12.3. The van der Waals surface area contributed by atoms with E-state index in [0.29, 0.717) is 18.4 Å². The van der Waals surface area contributed by atoms with Crippen LogP contribution in [0.3, 0.4) is 0 Å². The molecule has 0 amide bonds. The maximum atomic E-state index is 13.4. The maximum absolute atomic E-state index is 13.4. The highest BCUT2D eigenvalue weighted by Crippen LogP contribution is 2.22. The van der Waals surface area contributed by atoms with Gasteiger partial charge in [-0.05, 0) is 42.7 Å². The fraction of sp³-hybridized carbons (Fsp3) is 0.222. The summed E-state index contributed by atoms with van der Waals surface area (Å²) in [4.78, 5) is 0. The molecule has 0 fully saturated rings. The minimum absolute atomic E-state index is 0.00159. The number of hydrogen-bond acceptors (Lipinski definition) is 3. The molecule has 116 valence electrons. The van der Waals surface area contributed by atoms with Gasteiger partial charge in [0.1, 0.15) is 5.82 Å². The van der Waals surface area contributed by atoms with Crippen molar-refractivity contribution in [2.75, 3.05) is 6.61 Å². The third-order valence-corrected chi connectivity index (χ3v) is 3.39. The van der Waals surface area contributed by atoms with Gasteiger partial charge in [0.2, 0.25) is 0 Å². The number of benzene rings is 2. The standard InChI is InChI=1S/C18H14F2N2O/c19-16-7-8-18(17(20)10-16)23-9-1-2-15(12-22)14-5-3-13(11-21)4-6-14/h3-8,10,15H,1-2,9H2. The molecule has 2 aromatic rings. The summed E-state index contributed by atoms with van der Waals surface area (Å²) in [5.74, 6) is -1.71. The van der Waals surface area contributed by atoms with Crippen molar-refractivity contribution >= 4 is 0 Å². The number of rotatable bonds is 6. The molecular formula is C18H14F2N2O. The van der Waals surface area contributed by atoms with Crippen molar-refractivity contribution in [2.24, 2.45) is 0 Å².